The van der Waals surface area contributed by atoms with Crippen LogP contribution in [0.25, 0.3) is 11.1 Å². The van der Waals surface area contributed by atoms with E-state index in [0.717, 1.165) is 75.5 Å². The number of ether oxygens (including phenoxy) is 1. The van der Waals surface area contributed by atoms with Crippen LogP contribution in [0.2, 0.25) is 0 Å². The number of amides is 1. The van der Waals surface area contributed by atoms with Crippen molar-refractivity contribution in [2.45, 2.75) is 65.8 Å². The molecule has 5 nitrogen and oxygen atoms in total. The van der Waals surface area contributed by atoms with Crippen LogP contribution >= 0.6 is 0 Å². The van der Waals surface area contributed by atoms with Crippen LogP contribution in [0.1, 0.15) is 67.8 Å². The summed E-state index contributed by atoms with van der Waals surface area (Å²) in [5, 5.41) is 0. The van der Waals surface area contributed by atoms with Crippen molar-refractivity contribution in [2.24, 2.45) is 5.73 Å². The SMILES string of the molecule is CCCc1c(-c2ccc(C(C)(C)C)cc2)c(C(N)=O)c(C)n1CCCN1CCOCC1. The zero-order chi connectivity index (χ0) is 22.6. The van der Waals surface area contributed by atoms with Crippen molar-refractivity contribution in [1.82, 2.24) is 9.47 Å². The lowest BCUT2D eigenvalue weighted by molar-refractivity contribution is 0.0369. The smallest absolute Gasteiger partial charge is 0.251 e. The van der Waals surface area contributed by atoms with Gasteiger partial charge in [-0.15, -0.1) is 0 Å². The van der Waals surface area contributed by atoms with E-state index in [4.69, 9.17) is 10.5 Å². The van der Waals surface area contributed by atoms with Crippen molar-refractivity contribution in [2.75, 3.05) is 32.8 Å². The Morgan fingerprint density at radius 2 is 1.74 bits per heavy atom. The lowest BCUT2D eigenvalue weighted by atomic mass is 9.86. The van der Waals surface area contributed by atoms with Gasteiger partial charge in [0.1, 0.15) is 0 Å². The molecular weight excluding hydrogens is 386 g/mol. The number of aromatic nitrogens is 1. The number of benzene rings is 1. The van der Waals surface area contributed by atoms with Crippen LogP contribution in [0.3, 0.4) is 0 Å². The topological polar surface area (TPSA) is 60.5 Å². The Hall–Kier alpha value is -2.11. The van der Waals surface area contributed by atoms with Gasteiger partial charge in [0, 0.05) is 43.1 Å². The van der Waals surface area contributed by atoms with Gasteiger partial charge < -0.3 is 15.0 Å². The van der Waals surface area contributed by atoms with Crippen LogP contribution < -0.4 is 5.73 Å². The van der Waals surface area contributed by atoms with Gasteiger partial charge in [0.25, 0.3) is 5.91 Å². The molecule has 2 N–H and O–H groups in total. The molecule has 5 heteroatoms. The van der Waals surface area contributed by atoms with E-state index in [1.54, 1.807) is 0 Å². The summed E-state index contributed by atoms with van der Waals surface area (Å²) in [5.74, 6) is -0.336. The number of nitrogens with two attached hydrogens (primary N) is 1. The van der Waals surface area contributed by atoms with E-state index in [1.807, 2.05) is 6.92 Å². The van der Waals surface area contributed by atoms with Crippen LogP contribution in [0.4, 0.5) is 0 Å². The highest BCUT2D eigenvalue weighted by molar-refractivity contribution is 6.02. The van der Waals surface area contributed by atoms with Gasteiger partial charge in [0.2, 0.25) is 0 Å². The molecule has 31 heavy (non-hydrogen) atoms. The lowest BCUT2D eigenvalue weighted by Crippen LogP contribution is -2.37. The Labute approximate surface area is 187 Å². The molecule has 1 aromatic heterocycles. The molecule has 2 aromatic rings. The number of hydrogen-bond acceptors (Lipinski definition) is 3. The molecule has 0 aliphatic carbocycles. The second-order valence-corrected chi connectivity index (χ2v) is 9.68. The summed E-state index contributed by atoms with van der Waals surface area (Å²) in [7, 11) is 0. The Bertz CT molecular complexity index is 885. The maximum Gasteiger partial charge on any atom is 0.251 e. The highest BCUT2D eigenvalue weighted by Crippen LogP contribution is 2.35. The number of nitrogens with zero attached hydrogens (tertiary/aromatic N) is 2. The summed E-state index contributed by atoms with van der Waals surface area (Å²) >= 11 is 0. The second kappa shape index (κ2) is 10.0. The first kappa shape index (κ1) is 23.6. The molecule has 1 aliphatic heterocycles. The molecule has 1 saturated heterocycles. The zero-order valence-corrected chi connectivity index (χ0v) is 20.0. The second-order valence-electron chi connectivity index (χ2n) is 9.68. The normalized spacial score (nSPS) is 15.4. The zero-order valence-electron chi connectivity index (χ0n) is 20.0. The van der Waals surface area contributed by atoms with E-state index in [9.17, 15) is 4.79 Å². The number of morpholine rings is 1. The molecule has 170 valence electrons. The van der Waals surface area contributed by atoms with Crippen LogP contribution in [0.5, 0.6) is 0 Å². The minimum atomic E-state index is -0.336. The Kier molecular flexibility index (Phi) is 7.60. The molecule has 1 aromatic carbocycles. The predicted molar refractivity (Wildman–Crippen MR) is 128 cm³/mol. The molecule has 2 heterocycles. The van der Waals surface area contributed by atoms with Crippen molar-refractivity contribution in [3.63, 3.8) is 0 Å². The van der Waals surface area contributed by atoms with E-state index < -0.39 is 0 Å². The first-order valence-electron chi connectivity index (χ1n) is 11.7. The molecule has 0 unspecified atom stereocenters. The summed E-state index contributed by atoms with van der Waals surface area (Å²) in [5.41, 5.74) is 12.3. The van der Waals surface area contributed by atoms with Gasteiger partial charge in [-0.1, -0.05) is 58.4 Å². The quantitative estimate of drug-likeness (QED) is 0.676. The van der Waals surface area contributed by atoms with E-state index in [0.29, 0.717) is 5.56 Å². The summed E-state index contributed by atoms with van der Waals surface area (Å²) in [6.07, 6.45) is 3.01. The number of primary amides is 1. The number of hydrogen-bond donors (Lipinski definition) is 1. The fourth-order valence-corrected chi connectivity index (χ4v) is 4.62. The molecular formula is C26H39N3O2. The Balaban J connectivity index is 1.95. The fraction of sp³-hybridized carbons (Fsp3) is 0.577. The number of carbonyl (C=O) groups is 1. The fourth-order valence-electron chi connectivity index (χ4n) is 4.62. The molecule has 0 spiro atoms. The first-order valence-corrected chi connectivity index (χ1v) is 11.7. The molecule has 0 bridgehead atoms. The standard InChI is InChI=1S/C26H39N3O2/c1-6-8-22-24(20-9-11-21(12-10-20)26(3,4)5)23(25(27)30)19(2)29(22)14-7-13-28-15-17-31-18-16-28/h9-12H,6-8,13-18H2,1-5H3,(H2,27,30). The van der Waals surface area contributed by atoms with E-state index in [-0.39, 0.29) is 11.3 Å². The number of rotatable bonds is 8. The summed E-state index contributed by atoms with van der Waals surface area (Å²) in [6.45, 7) is 16.5. The third kappa shape index (κ3) is 5.39. The van der Waals surface area contributed by atoms with Gasteiger partial charge in [-0.05, 0) is 36.3 Å². The highest BCUT2D eigenvalue weighted by atomic mass is 16.5. The predicted octanol–water partition coefficient (Wildman–Crippen LogP) is 4.53. The van der Waals surface area contributed by atoms with Crippen LogP contribution in [-0.2, 0) is 23.1 Å². The van der Waals surface area contributed by atoms with Crippen LogP contribution in [0.15, 0.2) is 24.3 Å². The minimum absolute atomic E-state index is 0.0959. The average Bonchev–Trinajstić information content (AvgIpc) is 3.00. The molecule has 3 rings (SSSR count). The molecule has 1 aliphatic rings. The van der Waals surface area contributed by atoms with Gasteiger partial charge in [0.05, 0.1) is 18.8 Å². The van der Waals surface area contributed by atoms with Crippen LogP contribution in [0, 0.1) is 6.92 Å². The molecule has 1 amide bonds. The van der Waals surface area contributed by atoms with Gasteiger partial charge in [-0.2, -0.15) is 0 Å². The van der Waals surface area contributed by atoms with Crippen molar-refractivity contribution >= 4 is 5.91 Å². The van der Waals surface area contributed by atoms with Gasteiger partial charge >= 0.3 is 0 Å². The highest BCUT2D eigenvalue weighted by Gasteiger charge is 2.25. The van der Waals surface area contributed by atoms with Gasteiger partial charge in [0.15, 0.2) is 0 Å². The Morgan fingerprint density at radius 1 is 1.10 bits per heavy atom. The molecule has 1 fully saturated rings. The largest absolute Gasteiger partial charge is 0.379 e. The lowest BCUT2D eigenvalue weighted by Gasteiger charge is -2.26. The van der Waals surface area contributed by atoms with Gasteiger partial charge in [-0.3, -0.25) is 9.69 Å². The molecule has 0 atom stereocenters. The third-order valence-electron chi connectivity index (χ3n) is 6.36. The molecule has 0 radical (unpaired) electrons. The molecule has 0 saturated carbocycles. The maximum atomic E-state index is 12.5. The van der Waals surface area contributed by atoms with E-state index in [2.05, 4.69) is 61.4 Å². The van der Waals surface area contributed by atoms with Crippen molar-refractivity contribution < 1.29 is 9.53 Å². The van der Waals surface area contributed by atoms with Gasteiger partial charge in [-0.25, -0.2) is 0 Å². The van der Waals surface area contributed by atoms with Crippen LogP contribution in [-0.4, -0.2) is 48.2 Å². The Morgan fingerprint density at radius 3 is 2.29 bits per heavy atom. The van der Waals surface area contributed by atoms with Crippen molar-refractivity contribution in [3.05, 3.63) is 46.8 Å². The average molecular weight is 426 g/mol. The monoisotopic (exact) mass is 425 g/mol. The first-order chi connectivity index (χ1) is 14.7. The number of carbonyl (C=O) groups excluding carboxylic acids is 1. The van der Waals surface area contributed by atoms with Crippen molar-refractivity contribution in [1.29, 1.82) is 0 Å². The van der Waals surface area contributed by atoms with E-state index in [1.165, 1.54) is 11.3 Å². The maximum absolute atomic E-state index is 12.5. The third-order valence-corrected chi connectivity index (χ3v) is 6.36. The minimum Gasteiger partial charge on any atom is -0.379 e. The summed E-state index contributed by atoms with van der Waals surface area (Å²) in [6, 6.07) is 8.67. The van der Waals surface area contributed by atoms with Crippen molar-refractivity contribution in [3.8, 4) is 11.1 Å². The summed E-state index contributed by atoms with van der Waals surface area (Å²) < 4.78 is 7.80. The van der Waals surface area contributed by atoms with E-state index >= 15 is 0 Å². The summed E-state index contributed by atoms with van der Waals surface area (Å²) in [4.78, 5) is 15.0.